The van der Waals surface area contributed by atoms with Crippen molar-refractivity contribution < 1.29 is 4.79 Å². The van der Waals surface area contributed by atoms with Crippen molar-refractivity contribution in [1.29, 1.82) is 0 Å². The summed E-state index contributed by atoms with van der Waals surface area (Å²) in [6, 6.07) is 0. The lowest BCUT2D eigenvalue weighted by atomic mass is 9.87. The van der Waals surface area contributed by atoms with Gasteiger partial charge in [0.2, 0.25) is 5.91 Å². The number of rotatable bonds is 4. The molecule has 0 saturated heterocycles. The van der Waals surface area contributed by atoms with Crippen LogP contribution in [0.5, 0.6) is 0 Å². The molecule has 16 heavy (non-hydrogen) atoms. The maximum Gasteiger partial charge on any atom is 0.229 e. The minimum atomic E-state index is -0.119. The van der Waals surface area contributed by atoms with Gasteiger partial charge in [0.25, 0.3) is 0 Å². The van der Waals surface area contributed by atoms with Gasteiger partial charge in [0.1, 0.15) is 0 Å². The second-order valence-electron chi connectivity index (χ2n) is 5.60. The normalized spacial score (nSPS) is 22.8. The number of carbonyl (C=O) groups is 1. The zero-order valence-electron chi connectivity index (χ0n) is 10.2. The van der Waals surface area contributed by atoms with Gasteiger partial charge in [0, 0.05) is 12.0 Å². The first-order valence-electron chi connectivity index (χ1n) is 6.38. The molecule has 0 aromatic carbocycles. The molecule has 1 amide bonds. The molecule has 0 aromatic heterocycles. The van der Waals surface area contributed by atoms with E-state index in [2.05, 4.69) is 12.8 Å². The molecule has 2 heteroatoms. The third-order valence-corrected chi connectivity index (χ3v) is 3.97. The topological polar surface area (TPSA) is 20.3 Å². The Labute approximate surface area is 98.4 Å². The second-order valence-corrected chi connectivity index (χ2v) is 5.60. The van der Waals surface area contributed by atoms with Crippen LogP contribution in [0.2, 0.25) is 0 Å². The summed E-state index contributed by atoms with van der Waals surface area (Å²) in [5.41, 5.74) is -0.119. The third-order valence-electron chi connectivity index (χ3n) is 3.97. The Morgan fingerprint density at radius 2 is 2.06 bits per heavy atom. The predicted octanol–water partition coefficient (Wildman–Crippen LogP) is 2.44. The summed E-state index contributed by atoms with van der Waals surface area (Å²) in [5, 5.41) is 0. The fourth-order valence-corrected chi connectivity index (χ4v) is 2.69. The molecular formula is C14H21NO. The molecule has 88 valence electrons. The van der Waals surface area contributed by atoms with Gasteiger partial charge in [-0.3, -0.25) is 4.79 Å². The summed E-state index contributed by atoms with van der Waals surface area (Å²) >= 11 is 0. The molecule has 0 bridgehead atoms. The van der Waals surface area contributed by atoms with E-state index < -0.39 is 0 Å². The number of nitrogens with zero attached hydrogens (tertiary/aromatic N) is 1. The molecule has 2 rings (SSSR count). The first kappa shape index (κ1) is 11.5. The van der Waals surface area contributed by atoms with E-state index in [9.17, 15) is 4.79 Å². The van der Waals surface area contributed by atoms with Crippen LogP contribution in [0.4, 0.5) is 0 Å². The van der Waals surface area contributed by atoms with E-state index in [1.165, 1.54) is 25.7 Å². The van der Waals surface area contributed by atoms with Gasteiger partial charge in [-0.1, -0.05) is 25.7 Å². The highest BCUT2D eigenvalue weighted by molar-refractivity contribution is 5.83. The van der Waals surface area contributed by atoms with Crippen molar-refractivity contribution in [1.82, 2.24) is 4.90 Å². The van der Waals surface area contributed by atoms with E-state index in [-0.39, 0.29) is 5.41 Å². The highest BCUT2D eigenvalue weighted by Crippen LogP contribution is 2.40. The number of amides is 1. The van der Waals surface area contributed by atoms with Gasteiger partial charge in [0.15, 0.2) is 0 Å². The van der Waals surface area contributed by atoms with Crippen LogP contribution in [0.1, 0.15) is 45.4 Å². The van der Waals surface area contributed by atoms with E-state index in [1.807, 2.05) is 4.90 Å². The number of hydrogen-bond donors (Lipinski definition) is 0. The van der Waals surface area contributed by atoms with Crippen molar-refractivity contribution in [2.45, 2.75) is 45.4 Å². The van der Waals surface area contributed by atoms with Crippen LogP contribution in [0, 0.1) is 23.7 Å². The third kappa shape index (κ3) is 2.40. The second kappa shape index (κ2) is 4.49. The van der Waals surface area contributed by atoms with Crippen LogP contribution in [-0.2, 0) is 4.79 Å². The van der Waals surface area contributed by atoms with E-state index in [1.54, 1.807) is 0 Å². The van der Waals surface area contributed by atoms with Crippen molar-refractivity contribution in [2.24, 2.45) is 11.3 Å². The zero-order chi connectivity index (χ0) is 11.6. The molecule has 2 fully saturated rings. The van der Waals surface area contributed by atoms with Gasteiger partial charge in [-0.15, -0.1) is 6.42 Å². The zero-order valence-corrected chi connectivity index (χ0v) is 10.2. The van der Waals surface area contributed by atoms with Crippen molar-refractivity contribution in [3.8, 4) is 12.3 Å². The van der Waals surface area contributed by atoms with Crippen molar-refractivity contribution in [2.75, 3.05) is 13.1 Å². The summed E-state index contributed by atoms with van der Waals surface area (Å²) < 4.78 is 0. The number of hydrogen-bond acceptors (Lipinski definition) is 1. The highest BCUT2D eigenvalue weighted by atomic mass is 16.2. The van der Waals surface area contributed by atoms with Crippen molar-refractivity contribution in [3.05, 3.63) is 0 Å². The van der Waals surface area contributed by atoms with Crippen LogP contribution < -0.4 is 0 Å². The lowest BCUT2D eigenvalue weighted by Gasteiger charge is -2.30. The predicted molar refractivity (Wildman–Crippen MR) is 64.7 cm³/mol. The van der Waals surface area contributed by atoms with Gasteiger partial charge >= 0.3 is 0 Å². The van der Waals surface area contributed by atoms with Crippen LogP contribution in [0.3, 0.4) is 0 Å². The SMILES string of the molecule is C#CCN(CC1CC1)C(=O)C1(C)CCCC1. The Hall–Kier alpha value is -0.970. The van der Waals surface area contributed by atoms with Crippen molar-refractivity contribution in [3.63, 3.8) is 0 Å². The summed E-state index contributed by atoms with van der Waals surface area (Å²) in [5.74, 6) is 3.65. The van der Waals surface area contributed by atoms with Gasteiger partial charge in [-0.2, -0.15) is 0 Å². The molecule has 2 nitrogen and oxygen atoms in total. The van der Waals surface area contributed by atoms with Crippen molar-refractivity contribution >= 4 is 5.91 Å². The van der Waals surface area contributed by atoms with Crippen LogP contribution >= 0.6 is 0 Å². The molecular weight excluding hydrogens is 198 g/mol. The van der Waals surface area contributed by atoms with Gasteiger partial charge in [-0.25, -0.2) is 0 Å². The lowest BCUT2D eigenvalue weighted by molar-refractivity contribution is -0.140. The molecule has 2 saturated carbocycles. The van der Waals surface area contributed by atoms with E-state index in [4.69, 9.17) is 6.42 Å². The molecule has 2 aliphatic rings. The molecule has 0 radical (unpaired) electrons. The Morgan fingerprint density at radius 1 is 1.44 bits per heavy atom. The molecule has 0 N–H and O–H groups in total. The largest absolute Gasteiger partial charge is 0.331 e. The summed E-state index contributed by atoms with van der Waals surface area (Å²) in [6.45, 7) is 3.49. The number of carbonyl (C=O) groups excluding carboxylic acids is 1. The van der Waals surface area contributed by atoms with Crippen LogP contribution in [0.25, 0.3) is 0 Å². The Kier molecular flexibility index (Phi) is 3.23. The minimum absolute atomic E-state index is 0.119. The average Bonchev–Trinajstić information content (AvgIpc) is 2.97. The summed E-state index contributed by atoms with van der Waals surface area (Å²) in [7, 11) is 0. The first-order chi connectivity index (χ1) is 7.65. The smallest absolute Gasteiger partial charge is 0.229 e. The highest BCUT2D eigenvalue weighted by Gasteiger charge is 2.40. The standard InChI is InChI=1S/C14H21NO/c1-3-10-15(11-12-6-7-12)13(16)14(2)8-4-5-9-14/h1,12H,4-11H2,2H3. The van der Waals surface area contributed by atoms with Crippen LogP contribution in [-0.4, -0.2) is 23.9 Å². The van der Waals surface area contributed by atoms with Gasteiger partial charge in [0.05, 0.1) is 6.54 Å². The molecule has 0 unspecified atom stereocenters. The van der Waals surface area contributed by atoms with Crippen LogP contribution in [0.15, 0.2) is 0 Å². The molecule has 2 aliphatic carbocycles. The Bertz CT molecular complexity index is 305. The first-order valence-corrected chi connectivity index (χ1v) is 6.38. The fraction of sp³-hybridized carbons (Fsp3) is 0.786. The molecule has 0 aromatic rings. The lowest BCUT2D eigenvalue weighted by Crippen LogP contribution is -2.42. The fourth-order valence-electron chi connectivity index (χ4n) is 2.69. The average molecular weight is 219 g/mol. The molecule has 0 heterocycles. The van der Waals surface area contributed by atoms with E-state index >= 15 is 0 Å². The van der Waals surface area contributed by atoms with E-state index in [0.29, 0.717) is 12.5 Å². The van der Waals surface area contributed by atoms with E-state index in [0.717, 1.165) is 25.3 Å². The maximum absolute atomic E-state index is 12.5. The summed E-state index contributed by atoms with van der Waals surface area (Å²) in [6.07, 6.45) is 12.4. The molecule has 0 atom stereocenters. The van der Waals surface area contributed by atoms with Gasteiger partial charge < -0.3 is 4.90 Å². The summed E-state index contributed by atoms with van der Waals surface area (Å²) in [4.78, 5) is 14.4. The minimum Gasteiger partial charge on any atom is -0.331 e. The Balaban J connectivity index is 2.00. The number of terminal acetylenes is 1. The quantitative estimate of drug-likeness (QED) is 0.665. The Morgan fingerprint density at radius 3 is 2.56 bits per heavy atom. The molecule has 0 spiro atoms. The van der Waals surface area contributed by atoms with Gasteiger partial charge in [-0.05, 0) is 31.6 Å². The molecule has 0 aliphatic heterocycles. The maximum atomic E-state index is 12.5. The monoisotopic (exact) mass is 219 g/mol.